The van der Waals surface area contributed by atoms with Crippen molar-refractivity contribution in [1.29, 1.82) is 0 Å². The van der Waals surface area contributed by atoms with E-state index in [1.54, 1.807) is 17.0 Å². The predicted molar refractivity (Wildman–Crippen MR) is 136 cm³/mol. The number of hydrogen-bond acceptors (Lipinski definition) is 3. The van der Waals surface area contributed by atoms with E-state index in [1.807, 2.05) is 86.6 Å². The molecular formula is C27H29ClN2O2S. The van der Waals surface area contributed by atoms with Crippen molar-refractivity contribution in [3.8, 4) is 0 Å². The molecular weight excluding hydrogens is 452 g/mol. The number of benzene rings is 3. The fraction of sp³-hybridized carbons (Fsp3) is 0.259. The van der Waals surface area contributed by atoms with Crippen LogP contribution >= 0.6 is 23.4 Å². The number of amides is 2. The quantitative estimate of drug-likeness (QED) is 0.384. The molecule has 0 aliphatic heterocycles. The van der Waals surface area contributed by atoms with Crippen molar-refractivity contribution < 1.29 is 9.59 Å². The molecule has 3 rings (SSSR count). The first-order valence-electron chi connectivity index (χ1n) is 11.0. The Kier molecular flexibility index (Phi) is 9.40. The average Bonchev–Trinajstić information content (AvgIpc) is 2.82. The van der Waals surface area contributed by atoms with Crippen LogP contribution < -0.4 is 5.32 Å². The maximum absolute atomic E-state index is 13.5. The van der Waals surface area contributed by atoms with Crippen molar-refractivity contribution in [2.24, 2.45) is 0 Å². The fourth-order valence-corrected chi connectivity index (χ4v) is 4.40. The van der Waals surface area contributed by atoms with Crippen LogP contribution in [0.4, 0.5) is 0 Å². The lowest BCUT2D eigenvalue weighted by Gasteiger charge is -2.32. The van der Waals surface area contributed by atoms with Gasteiger partial charge in [0.15, 0.2) is 0 Å². The zero-order valence-electron chi connectivity index (χ0n) is 18.9. The fourth-order valence-electron chi connectivity index (χ4n) is 3.47. The van der Waals surface area contributed by atoms with E-state index in [4.69, 9.17) is 11.6 Å². The zero-order valence-corrected chi connectivity index (χ0v) is 20.5. The van der Waals surface area contributed by atoms with Gasteiger partial charge in [0.1, 0.15) is 6.04 Å². The molecule has 4 nitrogen and oxygen atoms in total. The Labute approximate surface area is 205 Å². The van der Waals surface area contributed by atoms with E-state index >= 15 is 0 Å². The summed E-state index contributed by atoms with van der Waals surface area (Å²) >= 11 is 7.53. The number of rotatable bonds is 10. The third kappa shape index (κ3) is 7.95. The van der Waals surface area contributed by atoms with Gasteiger partial charge in [-0.3, -0.25) is 9.59 Å². The Bertz CT molecular complexity index is 1030. The molecule has 172 valence electrons. The van der Waals surface area contributed by atoms with Crippen LogP contribution in [0.25, 0.3) is 0 Å². The smallest absolute Gasteiger partial charge is 0.243 e. The minimum atomic E-state index is -0.630. The van der Waals surface area contributed by atoms with E-state index in [0.29, 0.717) is 18.0 Å². The highest BCUT2D eigenvalue weighted by molar-refractivity contribution is 8.00. The molecule has 0 bridgehead atoms. The largest absolute Gasteiger partial charge is 0.352 e. The summed E-state index contributed by atoms with van der Waals surface area (Å²) in [7, 11) is 0. The van der Waals surface area contributed by atoms with Crippen molar-refractivity contribution in [2.45, 2.75) is 43.8 Å². The van der Waals surface area contributed by atoms with E-state index in [2.05, 4.69) is 5.32 Å². The lowest BCUT2D eigenvalue weighted by Crippen LogP contribution is -2.52. The second kappa shape index (κ2) is 12.5. The van der Waals surface area contributed by atoms with Crippen LogP contribution in [0.5, 0.6) is 0 Å². The lowest BCUT2D eigenvalue weighted by atomic mass is 10.0. The van der Waals surface area contributed by atoms with Crippen LogP contribution in [-0.2, 0) is 22.6 Å². The van der Waals surface area contributed by atoms with Crippen molar-refractivity contribution in [1.82, 2.24) is 10.2 Å². The van der Waals surface area contributed by atoms with E-state index in [1.165, 1.54) is 11.8 Å². The Morgan fingerprint density at radius 2 is 1.48 bits per heavy atom. The molecule has 0 fully saturated rings. The number of hydrogen-bond donors (Lipinski definition) is 1. The molecule has 0 aliphatic rings. The summed E-state index contributed by atoms with van der Waals surface area (Å²) in [5.74, 6) is 0.0113. The molecule has 0 aromatic heterocycles. The number of carbonyl (C=O) groups excluding carboxylic acids is 2. The highest BCUT2D eigenvalue weighted by Gasteiger charge is 2.30. The second-order valence-corrected chi connectivity index (χ2v) is 9.60. The average molecular weight is 481 g/mol. The summed E-state index contributed by atoms with van der Waals surface area (Å²) in [6.07, 6.45) is 0.439. The van der Waals surface area contributed by atoms with Crippen LogP contribution in [0.1, 0.15) is 25.0 Å². The molecule has 3 aromatic carbocycles. The van der Waals surface area contributed by atoms with Crippen molar-refractivity contribution in [3.63, 3.8) is 0 Å². The summed E-state index contributed by atoms with van der Waals surface area (Å²) in [5.41, 5.74) is 1.93. The zero-order chi connectivity index (χ0) is 23.6. The second-order valence-electron chi connectivity index (χ2n) is 8.12. The molecule has 33 heavy (non-hydrogen) atoms. The number of thioether (sulfide) groups is 1. The number of carbonyl (C=O) groups is 2. The van der Waals surface area contributed by atoms with Gasteiger partial charge in [-0.2, -0.15) is 0 Å². The third-order valence-corrected chi connectivity index (χ3v) is 6.32. The van der Waals surface area contributed by atoms with Crippen LogP contribution in [0.2, 0.25) is 5.02 Å². The number of halogens is 1. The Morgan fingerprint density at radius 1 is 0.879 bits per heavy atom. The van der Waals surface area contributed by atoms with Gasteiger partial charge in [-0.15, -0.1) is 11.8 Å². The van der Waals surface area contributed by atoms with Crippen molar-refractivity contribution in [2.75, 3.05) is 5.75 Å². The standard InChI is InChI=1S/C27H29ClN2O2S/c1-20(2)29-27(32)25(17-21-9-5-3-6-10-21)30(18-22-13-15-23(28)16-14-22)26(31)19-33-24-11-7-4-8-12-24/h3-16,20,25H,17-19H2,1-2H3,(H,29,32)/t25-/m1/s1. The molecule has 1 atom stereocenters. The maximum Gasteiger partial charge on any atom is 0.243 e. The molecule has 0 radical (unpaired) electrons. The summed E-state index contributed by atoms with van der Waals surface area (Å²) < 4.78 is 0. The molecule has 6 heteroatoms. The van der Waals surface area contributed by atoms with Gasteiger partial charge in [-0.1, -0.05) is 72.3 Å². The number of nitrogens with zero attached hydrogens (tertiary/aromatic N) is 1. The van der Waals surface area contributed by atoms with Gasteiger partial charge in [0.05, 0.1) is 5.75 Å². The summed E-state index contributed by atoms with van der Waals surface area (Å²) in [6.45, 7) is 4.18. The minimum absolute atomic E-state index is 0.0260. The Balaban J connectivity index is 1.89. The molecule has 0 aliphatic carbocycles. The molecule has 0 saturated heterocycles. The Morgan fingerprint density at radius 3 is 2.09 bits per heavy atom. The SMILES string of the molecule is CC(C)NC(=O)[C@@H](Cc1ccccc1)N(Cc1ccc(Cl)cc1)C(=O)CSc1ccccc1. The van der Waals surface area contributed by atoms with Crippen molar-refractivity contribution in [3.05, 3.63) is 101 Å². The molecule has 0 spiro atoms. The topological polar surface area (TPSA) is 49.4 Å². The predicted octanol–water partition coefficient (Wildman–Crippen LogP) is 5.60. The normalized spacial score (nSPS) is 11.8. The molecule has 3 aromatic rings. The first-order valence-corrected chi connectivity index (χ1v) is 12.3. The first kappa shape index (κ1) is 24.9. The van der Waals surface area contributed by atoms with Crippen LogP contribution in [0, 0.1) is 0 Å². The highest BCUT2D eigenvalue weighted by Crippen LogP contribution is 2.21. The van der Waals surface area contributed by atoms with Gasteiger partial charge in [-0.25, -0.2) is 0 Å². The molecule has 2 amide bonds. The van der Waals surface area contributed by atoms with Crippen LogP contribution in [-0.4, -0.2) is 34.6 Å². The van der Waals surface area contributed by atoms with E-state index in [9.17, 15) is 9.59 Å². The van der Waals surface area contributed by atoms with Gasteiger partial charge in [-0.05, 0) is 49.2 Å². The van der Waals surface area contributed by atoms with E-state index in [0.717, 1.165) is 16.0 Å². The highest BCUT2D eigenvalue weighted by atomic mass is 35.5. The maximum atomic E-state index is 13.5. The third-order valence-electron chi connectivity index (χ3n) is 5.07. The van der Waals surface area contributed by atoms with Gasteiger partial charge >= 0.3 is 0 Å². The summed E-state index contributed by atoms with van der Waals surface area (Å²) in [4.78, 5) is 29.5. The first-order chi connectivity index (χ1) is 15.9. The summed E-state index contributed by atoms with van der Waals surface area (Å²) in [5, 5.41) is 3.64. The molecule has 1 N–H and O–H groups in total. The Hall–Kier alpha value is -2.76. The molecule has 0 saturated carbocycles. The van der Waals surface area contributed by atoms with Crippen LogP contribution in [0.3, 0.4) is 0 Å². The van der Waals surface area contributed by atoms with Crippen LogP contribution in [0.15, 0.2) is 89.8 Å². The van der Waals surface area contributed by atoms with Gasteiger partial charge in [0.2, 0.25) is 11.8 Å². The van der Waals surface area contributed by atoms with E-state index in [-0.39, 0.29) is 23.6 Å². The summed E-state index contributed by atoms with van der Waals surface area (Å²) in [6, 6.07) is 26.4. The van der Waals surface area contributed by atoms with Crippen molar-refractivity contribution >= 4 is 35.2 Å². The molecule has 0 unspecified atom stereocenters. The monoisotopic (exact) mass is 480 g/mol. The lowest BCUT2D eigenvalue weighted by molar-refractivity contribution is -0.139. The van der Waals surface area contributed by atoms with Gasteiger partial charge in [0.25, 0.3) is 0 Å². The minimum Gasteiger partial charge on any atom is -0.352 e. The number of nitrogens with one attached hydrogen (secondary N) is 1. The van der Waals surface area contributed by atoms with E-state index < -0.39 is 6.04 Å². The molecule has 0 heterocycles. The van der Waals surface area contributed by atoms with Gasteiger partial charge < -0.3 is 10.2 Å². The van der Waals surface area contributed by atoms with Gasteiger partial charge in [0, 0.05) is 28.9 Å².